The third kappa shape index (κ3) is 5.53. The fourth-order valence-corrected chi connectivity index (χ4v) is 6.67. The molecule has 0 unspecified atom stereocenters. The number of benzene rings is 2. The molecule has 0 bridgehead atoms. The van der Waals surface area contributed by atoms with Crippen molar-refractivity contribution >= 4 is 38.7 Å². The van der Waals surface area contributed by atoms with E-state index < -0.39 is 0 Å². The fraction of sp³-hybridized carbons (Fsp3) is 0.467. The van der Waals surface area contributed by atoms with Crippen molar-refractivity contribution in [3.63, 3.8) is 0 Å². The lowest BCUT2D eigenvalue weighted by molar-refractivity contribution is 0.376. The van der Waals surface area contributed by atoms with Crippen LogP contribution in [0.5, 0.6) is 0 Å². The lowest BCUT2D eigenvalue weighted by Crippen LogP contribution is -2.24. The van der Waals surface area contributed by atoms with Crippen molar-refractivity contribution in [3.8, 4) is 0 Å². The van der Waals surface area contributed by atoms with Crippen LogP contribution in [0.3, 0.4) is 0 Å². The molecule has 0 aliphatic heterocycles. The maximum absolute atomic E-state index is 6.77. The lowest BCUT2D eigenvalue weighted by Gasteiger charge is -2.29. The second-order valence-electron chi connectivity index (χ2n) is 9.68. The Bertz CT molecular complexity index is 1180. The Morgan fingerprint density at radius 3 is 2.44 bits per heavy atom. The molecule has 1 aliphatic carbocycles. The van der Waals surface area contributed by atoms with Gasteiger partial charge in [0.15, 0.2) is 0 Å². The van der Waals surface area contributed by atoms with Gasteiger partial charge in [0.1, 0.15) is 0 Å². The van der Waals surface area contributed by atoms with Crippen molar-refractivity contribution in [2.75, 3.05) is 19.6 Å². The minimum Gasteiger partial charge on any atom is -0.366 e. The van der Waals surface area contributed by atoms with Crippen LogP contribution < -0.4 is 5.32 Å². The third-order valence-electron chi connectivity index (χ3n) is 7.03. The predicted molar refractivity (Wildman–Crippen MR) is 151 cm³/mol. The molecule has 0 amide bonds. The zero-order valence-corrected chi connectivity index (χ0v) is 23.1. The lowest BCUT2D eigenvalue weighted by atomic mass is 10.0. The molecule has 2 aromatic carbocycles. The first-order valence-corrected chi connectivity index (χ1v) is 14.1. The maximum Gasteiger partial charge on any atom is 0.0548 e. The summed E-state index contributed by atoms with van der Waals surface area (Å²) in [5, 5.41) is 5.66. The van der Waals surface area contributed by atoms with Crippen LogP contribution in [-0.2, 0) is 13.0 Å². The summed E-state index contributed by atoms with van der Waals surface area (Å²) in [5.41, 5.74) is 10.0. The quantitative estimate of drug-likeness (QED) is 0.269. The summed E-state index contributed by atoms with van der Waals surface area (Å²) in [6, 6.07) is 11.2. The van der Waals surface area contributed by atoms with Crippen molar-refractivity contribution in [2.24, 2.45) is 0 Å². The number of allylic oxidation sites excluding steroid dienone is 1. The van der Waals surface area contributed by atoms with Gasteiger partial charge in [-0.05, 0) is 105 Å². The molecule has 0 atom stereocenters. The molecule has 1 aromatic heterocycles. The second-order valence-corrected chi connectivity index (χ2v) is 11.1. The number of hydrogen-bond donors (Lipinski definition) is 1. The number of hydrogen-bond acceptors (Lipinski definition) is 3. The van der Waals surface area contributed by atoms with E-state index >= 15 is 0 Å². The Kier molecular flexibility index (Phi) is 8.39. The molecule has 2 nitrogen and oxygen atoms in total. The van der Waals surface area contributed by atoms with Gasteiger partial charge in [0, 0.05) is 28.2 Å². The molecular weight excluding hydrogens is 456 g/mol. The van der Waals surface area contributed by atoms with E-state index in [0.29, 0.717) is 0 Å². The molecule has 34 heavy (non-hydrogen) atoms. The molecule has 1 N–H and O–H groups in total. The first-order valence-electron chi connectivity index (χ1n) is 12.9. The van der Waals surface area contributed by atoms with Crippen LogP contribution >= 0.6 is 22.9 Å². The summed E-state index contributed by atoms with van der Waals surface area (Å²) >= 11 is 8.73. The van der Waals surface area contributed by atoms with Crippen LogP contribution in [-0.4, -0.2) is 24.5 Å². The van der Waals surface area contributed by atoms with Gasteiger partial charge in [-0.15, -0.1) is 11.3 Å². The molecule has 4 rings (SSSR count). The van der Waals surface area contributed by atoms with E-state index in [1.165, 1.54) is 74.2 Å². The molecule has 4 heteroatoms. The summed E-state index contributed by atoms with van der Waals surface area (Å²) in [5.74, 6) is 0. The molecule has 182 valence electrons. The van der Waals surface area contributed by atoms with E-state index in [0.717, 1.165) is 37.6 Å². The van der Waals surface area contributed by atoms with E-state index in [4.69, 9.17) is 11.6 Å². The van der Waals surface area contributed by atoms with Crippen LogP contribution in [0.15, 0.2) is 35.9 Å². The third-order valence-corrected chi connectivity index (χ3v) is 8.72. The SMILES string of the molecule is CCNCCCCN(Cc1ccc(C)c(C)c1)C(=C1CC1)c1sc2c(C)ccc(Cl)c2c1CC. The molecule has 0 saturated heterocycles. The normalized spacial score (nSPS) is 13.1. The maximum atomic E-state index is 6.77. The molecule has 1 aliphatic rings. The molecule has 1 saturated carbocycles. The molecule has 3 aromatic rings. The smallest absolute Gasteiger partial charge is 0.0548 e. The number of rotatable bonds is 11. The minimum atomic E-state index is 0.895. The Morgan fingerprint density at radius 2 is 1.76 bits per heavy atom. The van der Waals surface area contributed by atoms with Crippen LogP contribution in [0.2, 0.25) is 5.02 Å². The van der Waals surface area contributed by atoms with Gasteiger partial charge in [0.2, 0.25) is 0 Å². The largest absolute Gasteiger partial charge is 0.366 e. The molecule has 0 spiro atoms. The number of aryl methyl sites for hydroxylation is 4. The zero-order valence-electron chi connectivity index (χ0n) is 21.5. The van der Waals surface area contributed by atoms with E-state index in [1.54, 1.807) is 5.57 Å². The number of halogens is 1. The van der Waals surface area contributed by atoms with Crippen molar-refractivity contribution in [3.05, 3.63) is 73.6 Å². The summed E-state index contributed by atoms with van der Waals surface area (Å²) < 4.78 is 1.36. The van der Waals surface area contributed by atoms with Crippen LogP contribution in [0.25, 0.3) is 15.8 Å². The molecular formula is C30H39ClN2S. The Hall–Kier alpha value is -1.81. The van der Waals surface area contributed by atoms with Gasteiger partial charge < -0.3 is 10.2 Å². The number of fused-ring (bicyclic) bond motifs is 1. The second kappa shape index (κ2) is 11.3. The van der Waals surface area contributed by atoms with Gasteiger partial charge in [-0.3, -0.25) is 0 Å². The van der Waals surface area contributed by atoms with Gasteiger partial charge in [-0.1, -0.05) is 49.7 Å². The van der Waals surface area contributed by atoms with E-state index in [2.05, 4.69) is 75.2 Å². The fourth-order valence-electron chi connectivity index (χ4n) is 4.83. The van der Waals surface area contributed by atoms with Crippen molar-refractivity contribution < 1.29 is 0 Å². The van der Waals surface area contributed by atoms with E-state index in [1.807, 2.05) is 11.3 Å². The minimum absolute atomic E-state index is 0.895. The van der Waals surface area contributed by atoms with Gasteiger partial charge >= 0.3 is 0 Å². The molecule has 1 heterocycles. The van der Waals surface area contributed by atoms with Crippen LogP contribution in [0.4, 0.5) is 0 Å². The number of unbranched alkanes of at least 4 members (excludes halogenated alkanes) is 1. The van der Waals surface area contributed by atoms with Crippen LogP contribution in [0, 0.1) is 20.8 Å². The highest BCUT2D eigenvalue weighted by Crippen LogP contribution is 2.47. The monoisotopic (exact) mass is 494 g/mol. The van der Waals surface area contributed by atoms with Gasteiger partial charge in [0.25, 0.3) is 0 Å². The Morgan fingerprint density at radius 1 is 1.00 bits per heavy atom. The summed E-state index contributed by atoms with van der Waals surface area (Å²) in [7, 11) is 0. The average molecular weight is 495 g/mol. The first kappa shape index (κ1) is 25.3. The van der Waals surface area contributed by atoms with Gasteiger partial charge in [-0.2, -0.15) is 0 Å². The zero-order chi connectivity index (χ0) is 24.2. The summed E-state index contributed by atoms with van der Waals surface area (Å²) in [6.07, 6.45) is 5.85. The molecule has 1 fully saturated rings. The topological polar surface area (TPSA) is 15.3 Å². The first-order chi connectivity index (χ1) is 16.4. The Labute approximate surface area is 215 Å². The van der Waals surface area contributed by atoms with E-state index in [-0.39, 0.29) is 0 Å². The highest BCUT2D eigenvalue weighted by molar-refractivity contribution is 7.20. The van der Waals surface area contributed by atoms with Crippen molar-refractivity contribution in [1.82, 2.24) is 10.2 Å². The van der Waals surface area contributed by atoms with Gasteiger partial charge in [0.05, 0.1) is 10.6 Å². The van der Waals surface area contributed by atoms with E-state index in [9.17, 15) is 0 Å². The van der Waals surface area contributed by atoms with Gasteiger partial charge in [-0.25, -0.2) is 0 Å². The number of nitrogens with zero attached hydrogens (tertiary/aromatic N) is 1. The summed E-state index contributed by atoms with van der Waals surface area (Å²) in [6.45, 7) is 15.3. The number of thiophene rings is 1. The predicted octanol–water partition coefficient (Wildman–Crippen LogP) is 8.44. The Balaban J connectivity index is 1.75. The molecule has 0 radical (unpaired) electrons. The standard InChI is InChI=1S/C30H39ClN2S/c1-6-25-27-26(31)15-11-21(4)29(27)34-30(25)28(24-13-14-24)33(17-9-8-16-32-7-2)19-23-12-10-20(3)22(5)18-23/h10-12,15,18,32H,6-9,13-14,16-17,19H2,1-5H3. The van der Waals surface area contributed by atoms with Crippen molar-refractivity contribution in [1.29, 1.82) is 0 Å². The van der Waals surface area contributed by atoms with Crippen molar-refractivity contribution in [2.45, 2.75) is 73.3 Å². The highest BCUT2D eigenvalue weighted by atomic mass is 35.5. The van der Waals surface area contributed by atoms with Crippen LogP contribution in [0.1, 0.15) is 72.2 Å². The number of nitrogens with one attached hydrogen (secondary N) is 1. The summed E-state index contributed by atoms with van der Waals surface area (Å²) in [4.78, 5) is 4.14. The highest BCUT2D eigenvalue weighted by Gasteiger charge is 2.28. The average Bonchev–Trinajstić information content (AvgIpc) is 3.57.